The molecule has 0 aromatic heterocycles. The third-order valence-corrected chi connectivity index (χ3v) is 5.36. The third kappa shape index (κ3) is 4.37. The van der Waals surface area contributed by atoms with E-state index >= 15 is 0 Å². The lowest BCUT2D eigenvalue weighted by Crippen LogP contribution is -2.37. The number of hydrogen-bond donors (Lipinski definition) is 1. The number of carbonyl (C=O) groups excluding carboxylic acids is 1. The van der Waals surface area contributed by atoms with E-state index in [1.54, 1.807) is 12.1 Å². The van der Waals surface area contributed by atoms with E-state index in [9.17, 15) is 22.4 Å². The molecule has 2 unspecified atom stereocenters. The molecular formula is C21H20F4N2O2. The quantitative estimate of drug-likeness (QED) is 0.762. The molecule has 29 heavy (non-hydrogen) atoms. The fourth-order valence-electron chi connectivity index (χ4n) is 3.68. The SMILES string of the molecule is O=C(Nc1cc(C(F)(F)F)ccc1N1CCOCC1)C1CC1c1ccc(F)cc1. The Morgan fingerprint density at radius 1 is 1.07 bits per heavy atom. The minimum atomic E-state index is -4.50. The van der Waals surface area contributed by atoms with Crippen LogP contribution in [0.2, 0.25) is 0 Å². The smallest absolute Gasteiger partial charge is 0.378 e. The average molecular weight is 408 g/mol. The van der Waals surface area contributed by atoms with Crippen molar-refractivity contribution >= 4 is 17.3 Å². The van der Waals surface area contributed by atoms with Crippen molar-refractivity contribution in [3.8, 4) is 0 Å². The van der Waals surface area contributed by atoms with Crippen molar-refractivity contribution in [3.63, 3.8) is 0 Å². The maximum absolute atomic E-state index is 13.2. The molecule has 1 aliphatic carbocycles. The normalized spacial score (nSPS) is 21.7. The Hall–Kier alpha value is -2.61. The zero-order chi connectivity index (χ0) is 20.6. The first kappa shape index (κ1) is 19.7. The van der Waals surface area contributed by atoms with Gasteiger partial charge in [0.25, 0.3) is 0 Å². The minimum absolute atomic E-state index is 0.0479. The van der Waals surface area contributed by atoms with Crippen molar-refractivity contribution in [1.29, 1.82) is 0 Å². The Kier molecular flexibility index (Phi) is 5.21. The standard InChI is InChI=1S/C21H20F4N2O2/c22-15-4-1-13(2-5-15)16-12-17(16)20(28)26-18-11-14(21(23,24)25)3-6-19(18)27-7-9-29-10-8-27/h1-6,11,16-17H,7-10,12H2,(H,26,28). The molecule has 1 saturated heterocycles. The van der Waals surface area contributed by atoms with Gasteiger partial charge in [-0.15, -0.1) is 0 Å². The second-order valence-corrected chi connectivity index (χ2v) is 7.32. The summed E-state index contributed by atoms with van der Waals surface area (Å²) in [6, 6.07) is 9.36. The predicted molar refractivity (Wildman–Crippen MR) is 100 cm³/mol. The van der Waals surface area contributed by atoms with Crippen LogP contribution in [0.25, 0.3) is 0 Å². The summed E-state index contributed by atoms with van der Waals surface area (Å²) in [4.78, 5) is 14.6. The highest BCUT2D eigenvalue weighted by atomic mass is 19.4. The number of alkyl halides is 3. The van der Waals surface area contributed by atoms with Gasteiger partial charge in [0.1, 0.15) is 5.82 Å². The van der Waals surface area contributed by atoms with Crippen LogP contribution in [0.1, 0.15) is 23.5 Å². The predicted octanol–water partition coefficient (Wildman–Crippen LogP) is 4.42. The largest absolute Gasteiger partial charge is 0.416 e. The average Bonchev–Trinajstić information content (AvgIpc) is 3.49. The van der Waals surface area contributed by atoms with Crippen molar-refractivity contribution in [2.24, 2.45) is 5.92 Å². The van der Waals surface area contributed by atoms with E-state index in [1.807, 2.05) is 4.90 Å². The van der Waals surface area contributed by atoms with Gasteiger partial charge in [-0.3, -0.25) is 4.79 Å². The van der Waals surface area contributed by atoms with Gasteiger partial charge < -0.3 is 15.0 Å². The molecule has 0 bridgehead atoms. The zero-order valence-corrected chi connectivity index (χ0v) is 15.5. The molecule has 1 aliphatic heterocycles. The summed E-state index contributed by atoms with van der Waals surface area (Å²) in [5, 5.41) is 2.70. The Labute approximate surface area is 165 Å². The number of morpholine rings is 1. The summed E-state index contributed by atoms with van der Waals surface area (Å²) >= 11 is 0. The summed E-state index contributed by atoms with van der Waals surface area (Å²) in [6.07, 6.45) is -3.91. The molecule has 2 aromatic rings. The minimum Gasteiger partial charge on any atom is -0.378 e. The number of anilines is 2. The van der Waals surface area contributed by atoms with Gasteiger partial charge in [-0.2, -0.15) is 13.2 Å². The molecule has 154 valence electrons. The number of benzene rings is 2. The molecule has 2 aromatic carbocycles. The fraction of sp³-hybridized carbons (Fsp3) is 0.381. The van der Waals surface area contributed by atoms with Gasteiger partial charge in [-0.25, -0.2) is 4.39 Å². The lowest BCUT2D eigenvalue weighted by molar-refractivity contribution is -0.137. The fourth-order valence-corrected chi connectivity index (χ4v) is 3.68. The summed E-state index contributed by atoms with van der Waals surface area (Å²) in [5.41, 5.74) is 0.741. The second-order valence-electron chi connectivity index (χ2n) is 7.32. The number of nitrogens with one attached hydrogen (secondary N) is 1. The van der Waals surface area contributed by atoms with Gasteiger partial charge in [0.15, 0.2) is 0 Å². The van der Waals surface area contributed by atoms with Gasteiger partial charge in [0.2, 0.25) is 5.91 Å². The molecule has 2 atom stereocenters. The monoisotopic (exact) mass is 408 g/mol. The molecule has 0 radical (unpaired) electrons. The summed E-state index contributed by atoms with van der Waals surface area (Å²) < 4.78 is 58.0. The number of ether oxygens (including phenoxy) is 1. The van der Waals surface area contributed by atoms with Crippen LogP contribution in [0.4, 0.5) is 28.9 Å². The topological polar surface area (TPSA) is 41.6 Å². The number of amides is 1. The van der Waals surface area contributed by atoms with Gasteiger partial charge >= 0.3 is 6.18 Å². The maximum atomic E-state index is 13.2. The molecule has 2 fully saturated rings. The third-order valence-electron chi connectivity index (χ3n) is 5.36. The molecular weight excluding hydrogens is 388 g/mol. The summed E-state index contributed by atoms with van der Waals surface area (Å²) in [7, 11) is 0. The van der Waals surface area contributed by atoms with Crippen LogP contribution in [0, 0.1) is 11.7 Å². The molecule has 1 heterocycles. The Morgan fingerprint density at radius 3 is 2.41 bits per heavy atom. The van der Waals surface area contributed by atoms with E-state index in [-0.39, 0.29) is 29.2 Å². The number of halogens is 4. The molecule has 1 N–H and O–H groups in total. The zero-order valence-electron chi connectivity index (χ0n) is 15.5. The molecule has 2 aliphatic rings. The van der Waals surface area contributed by atoms with Crippen LogP contribution in [0.15, 0.2) is 42.5 Å². The van der Waals surface area contributed by atoms with Crippen LogP contribution < -0.4 is 10.2 Å². The maximum Gasteiger partial charge on any atom is 0.416 e. The van der Waals surface area contributed by atoms with Crippen LogP contribution in [0.5, 0.6) is 0 Å². The van der Waals surface area contributed by atoms with Crippen molar-refractivity contribution in [2.45, 2.75) is 18.5 Å². The second kappa shape index (κ2) is 7.67. The molecule has 1 amide bonds. The first-order valence-corrected chi connectivity index (χ1v) is 9.43. The van der Waals surface area contributed by atoms with E-state index in [4.69, 9.17) is 4.74 Å². The van der Waals surface area contributed by atoms with E-state index in [1.165, 1.54) is 18.2 Å². The number of nitrogens with zero attached hydrogens (tertiary/aromatic N) is 1. The van der Waals surface area contributed by atoms with Crippen molar-refractivity contribution < 1.29 is 27.1 Å². The number of rotatable bonds is 4. The van der Waals surface area contributed by atoms with Gasteiger partial charge in [-0.1, -0.05) is 12.1 Å². The van der Waals surface area contributed by atoms with Gasteiger partial charge in [0.05, 0.1) is 30.2 Å². The van der Waals surface area contributed by atoms with Crippen molar-refractivity contribution in [3.05, 3.63) is 59.4 Å². The van der Waals surface area contributed by atoms with Crippen molar-refractivity contribution in [2.75, 3.05) is 36.5 Å². The number of hydrogen-bond acceptors (Lipinski definition) is 3. The van der Waals surface area contributed by atoms with Crippen LogP contribution >= 0.6 is 0 Å². The summed E-state index contributed by atoms with van der Waals surface area (Å²) in [6.45, 7) is 2.03. The van der Waals surface area contributed by atoms with Crippen LogP contribution in [-0.2, 0) is 15.7 Å². The molecule has 0 spiro atoms. The van der Waals surface area contributed by atoms with Crippen LogP contribution in [-0.4, -0.2) is 32.2 Å². The first-order valence-electron chi connectivity index (χ1n) is 9.43. The van der Waals surface area contributed by atoms with E-state index < -0.39 is 11.7 Å². The Balaban J connectivity index is 1.54. The van der Waals surface area contributed by atoms with E-state index in [2.05, 4.69) is 5.32 Å². The van der Waals surface area contributed by atoms with Gasteiger partial charge in [0, 0.05) is 19.0 Å². The first-order chi connectivity index (χ1) is 13.8. The molecule has 1 saturated carbocycles. The molecule has 4 nitrogen and oxygen atoms in total. The molecule has 4 rings (SSSR count). The van der Waals surface area contributed by atoms with Crippen molar-refractivity contribution in [1.82, 2.24) is 0 Å². The summed E-state index contributed by atoms with van der Waals surface area (Å²) in [5.74, 6) is -1.07. The lowest BCUT2D eigenvalue weighted by atomic mass is 10.1. The highest BCUT2D eigenvalue weighted by Gasteiger charge is 2.44. The lowest BCUT2D eigenvalue weighted by Gasteiger charge is -2.31. The van der Waals surface area contributed by atoms with Crippen LogP contribution in [0.3, 0.4) is 0 Å². The Morgan fingerprint density at radius 2 is 1.76 bits per heavy atom. The van der Waals surface area contributed by atoms with E-state index in [0.717, 1.165) is 17.7 Å². The highest BCUT2D eigenvalue weighted by Crippen LogP contribution is 2.48. The van der Waals surface area contributed by atoms with Gasteiger partial charge in [-0.05, 0) is 48.2 Å². The molecule has 8 heteroatoms. The highest BCUT2D eigenvalue weighted by molar-refractivity contribution is 5.98. The van der Waals surface area contributed by atoms with E-state index in [0.29, 0.717) is 38.4 Å². The Bertz CT molecular complexity index is 893. The number of carbonyl (C=O) groups is 1.